The molecule has 0 aromatic heterocycles. The lowest BCUT2D eigenvalue weighted by molar-refractivity contribution is 0.289. The molecule has 0 aliphatic carbocycles. The van der Waals surface area contributed by atoms with Crippen molar-refractivity contribution in [2.45, 2.75) is 136 Å². The average Bonchev–Trinajstić information content (AvgIpc) is 2.54. The number of hydrogen-bond acceptors (Lipinski definition) is 0. The van der Waals surface area contributed by atoms with Gasteiger partial charge in [-0.2, -0.15) is 0 Å². The zero-order valence-corrected chi connectivity index (χ0v) is 21.9. The van der Waals surface area contributed by atoms with E-state index in [9.17, 15) is 0 Å². The van der Waals surface area contributed by atoms with Crippen LogP contribution >= 0.6 is 0 Å². The molecular formula is C25H64O. The fourth-order valence-electron chi connectivity index (χ4n) is 1.03. The van der Waals surface area contributed by atoms with Gasteiger partial charge in [0.1, 0.15) is 0 Å². The summed E-state index contributed by atoms with van der Waals surface area (Å²) in [5.41, 5.74) is 0. The fourth-order valence-corrected chi connectivity index (χ4v) is 1.03. The van der Waals surface area contributed by atoms with Gasteiger partial charge in [0.25, 0.3) is 0 Å². The zero-order valence-electron chi connectivity index (χ0n) is 21.9. The minimum absolute atomic E-state index is 0. The topological polar surface area (TPSA) is 31.5 Å². The maximum absolute atomic E-state index is 2.35. The second-order valence-corrected chi connectivity index (χ2v) is 8.73. The maximum Gasteiger partial charge on any atom is 0 e. The van der Waals surface area contributed by atoms with Crippen LogP contribution < -0.4 is 0 Å². The largest absolute Gasteiger partial charge is 0.412 e. The highest BCUT2D eigenvalue weighted by atomic mass is 16.0. The smallest absolute Gasteiger partial charge is 0 e. The third-order valence-corrected chi connectivity index (χ3v) is 3.91. The van der Waals surface area contributed by atoms with E-state index in [4.69, 9.17) is 0 Å². The Bertz CT molecular complexity index is 174. The van der Waals surface area contributed by atoms with Crippen molar-refractivity contribution in [3.05, 3.63) is 0 Å². The Balaban J connectivity index is -0.0000000388. The molecular weight excluding hydrogens is 316 g/mol. The molecule has 2 atom stereocenters. The molecule has 0 rings (SSSR count). The lowest BCUT2D eigenvalue weighted by atomic mass is 9.85. The molecule has 170 valence electrons. The summed E-state index contributed by atoms with van der Waals surface area (Å²) >= 11 is 0. The Hall–Kier alpha value is -0.0400. The molecule has 0 aliphatic heterocycles. The van der Waals surface area contributed by atoms with Crippen LogP contribution in [0.15, 0.2) is 0 Å². The normalized spacial score (nSPS) is 11.3. The SMILES string of the molecule is CC(C)C.CCC.CCC(C)C.CCC(C)C(C)C(C)C.CCCC.O.[2HH]. The average molecular weight is 382 g/mol. The van der Waals surface area contributed by atoms with E-state index in [1.807, 2.05) is 0 Å². The Kier molecular flexibility index (Phi) is 56.2. The van der Waals surface area contributed by atoms with Gasteiger partial charge < -0.3 is 5.48 Å². The lowest BCUT2D eigenvalue weighted by Crippen LogP contribution is -2.12. The van der Waals surface area contributed by atoms with Crippen molar-refractivity contribution in [2.24, 2.45) is 29.6 Å². The maximum atomic E-state index is 2.35. The van der Waals surface area contributed by atoms with Crippen LogP contribution in [-0.2, 0) is 0 Å². The summed E-state index contributed by atoms with van der Waals surface area (Å²) in [6, 6.07) is 0. The van der Waals surface area contributed by atoms with Gasteiger partial charge in [0.15, 0.2) is 0 Å². The summed E-state index contributed by atoms with van der Waals surface area (Å²) in [6.07, 6.45) is 6.51. The van der Waals surface area contributed by atoms with Crippen LogP contribution in [0.1, 0.15) is 137 Å². The highest BCUT2D eigenvalue weighted by Crippen LogP contribution is 2.21. The first-order chi connectivity index (χ1) is 11.4. The molecule has 1 nitrogen and oxygen atoms in total. The molecule has 1 heteroatoms. The Morgan fingerprint density at radius 1 is 0.577 bits per heavy atom. The quantitative estimate of drug-likeness (QED) is 0.453. The molecule has 0 fully saturated rings. The van der Waals surface area contributed by atoms with Gasteiger partial charge >= 0.3 is 0 Å². The second kappa shape index (κ2) is 36.0. The van der Waals surface area contributed by atoms with E-state index in [0.29, 0.717) is 0 Å². The molecule has 0 spiro atoms. The number of unbranched alkanes of at least 4 members (excludes halogenated alkanes) is 1. The summed E-state index contributed by atoms with van der Waals surface area (Å²) in [7, 11) is 0. The molecule has 0 saturated carbocycles. The van der Waals surface area contributed by atoms with Crippen molar-refractivity contribution in [1.82, 2.24) is 0 Å². The molecule has 0 amide bonds. The van der Waals surface area contributed by atoms with Crippen LogP contribution in [0.3, 0.4) is 0 Å². The minimum atomic E-state index is 0. The van der Waals surface area contributed by atoms with Gasteiger partial charge in [-0.15, -0.1) is 0 Å². The lowest BCUT2D eigenvalue weighted by Gasteiger charge is -2.21. The second-order valence-electron chi connectivity index (χ2n) is 8.73. The fraction of sp³-hybridized carbons (Fsp3) is 1.00. The van der Waals surface area contributed by atoms with E-state index >= 15 is 0 Å². The number of hydrogen-bond donors (Lipinski definition) is 0. The van der Waals surface area contributed by atoms with Gasteiger partial charge in [-0.25, -0.2) is 0 Å². The van der Waals surface area contributed by atoms with Gasteiger partial charge in [-0.1, -0.05) is 136 Å². The first-order valence-corrected chi connectivity index (χ1v) is 11.4. The molecule has 0 radical (unpaired) electrons. The van der Waals surface area contributed by atoms with Gasteiger partial charge in [0.05, 0.1) is 0 Å². The Labute approximate surface area is 172 Å². The van der Waals surface area contributed by atoms with Crippen LogP contribution in [-0.4, -0.2) is 5.48 Å². The summed E-state index contributed by atoms with van der Waals surface area (Å²) in [5.74, 6) is 4.34. The molecule has 0 heterocycles. The predicted octanol–water partition coefficient (Wildman–Crippen LogP) is 9.68. The predicted molar refractivity (Wildman–Crippen MR) is 131 cm³/mol. The van der Waals surface area contributed by atoms with Crippen molar-refractivity contribution in [2.75, 3.05) is 0 Å². The Morgan fingerprint density at radius 3 is 0.846 bits per heavy atom. The molecule has 2 unspecified atom stereocenters. The van der Waals surface area contributed by atoms with Crippen LogP contribution in [0.5, 0.6) is 0 Å². The van der Waals surface area contributed by atoms with Crippen LogP contribution in [0.25, 0.3) is 0 Å². The molecule has 2 N–H and O–H groups in total. The monoisotopic (exact) mass is 382 g/mol. The van der Waals surface area contributed by atoms with Crippen LogP contribution in [0.2, 0.25) is 0 Å². The van der Waals surface area contributed by atoms with Crippen molar-refractivity contribution >= 4 is 0 Å². The van der Waals surface area contributed by atoms with E-state index in [2.05, 4.69) is 104 Å². The van der Waals surface area contributed by atoms with Gasteiger partial charge in [0.2, 0.25) is 0 Å². The van der Waals surface area contributed by atoms with Gasteiger partial charge in [-0.3, -0.25) is 0 Å². The van der Waals surface area contributed by atoms with E-state index in [0.717, 1.165) is 29.6 Å². The standard InChI is InChI=1S/C9H20.C5H12.2C4H10.C3H8.H2O.H2/c1-6-8(4)9(5)7(2)3;1-4-5(2)3;1-4(2)3;1-3-4-2;1-3-2;;/h7-9H,6H2,1-5H3;5H,4H2,1-3H3;4H,1-3H3;3-4H2,1-2H3;3H2,1-2H3;1H2;1H/i;;;;;;1+1. The first kappa shape index (κ1) is 40.6. The van der Waals surface area contributed by atoms with Crippen LogP contribution in [0.4, 0.5) is 0 Å². The van der Waals surface area contributed by atoms with Crippen molar-refractivity contribution < 1.29 is 6.90 Å². The van der Waals surface area contributed by atoms with E-state index < -0.39 is 0 Å². The molecule has 0 aromatic rings. The molecule has 0 bridgehead atoms. The highest BCUT2D eigenvalue weighted by Gasteiger charge is 2.12. The third-order valence-electron chi connectivity index (χ3n) is 3.91. The summed E-state index contributed by atoms with van der Waals surface area (Å²) < 4.78 is 0. The van der Waals surface area contributed by atoms with Crippen LogP contribution in [0, 0.1) is 29.6 Å². The summed E-state index contributed by atoms with van der Waals surface area (Å²) in [4.78, 5) is 0. The first-order valence-electron chi connectivity index (χ1n) is 11.4. The van der Waals surface area contributed by atoms with Gasteiger partial charge in [-0.05, 0) is 29.6 Å². The van der Waals surface area contributed by atoms with E-state index in [1.54, 1.807) is 0 Å². The zero-order chi connectivity index (χ0) is 21.4. The van der Waals surface area contributed by atoms with Crippen molar-refractivity contribution in [3.63, 3.8) is 0 Å². The molecule has 0 saturated heterocycles. The van der Waals surface area contributed by atoms with E-state index in [1.165, 1.54) is 32.1 Å². The summed E-state index contributed by atoms with van der Waals surface area (Å²) in [6.45, 7) is 33.3. The molecule has 26 heavy (non-hydrogen) atoms. The minimum Gasteiger partial charge on any atom is -0.412 e. The Morgan fingerprint density at radius 2 is 0.808 bits per heavy atom. The summed E-state index contributed by atoms with van der Waals surface area (Å²) in [5, 5.41) is 0. The van der Waals surface area contributed by atoms with Crippen molar-refractivity contribution in [3.8, 4) is 0 Å². The van der Waals surface area contributed by atoms with Gasteiger partial charge in [0, 0.05) is 1.43 Å². The number of rotatable bonds is 5. The molecule has 0 aromatic carbocycles. The highest BCUT2D eigenvalue weighted by molar-refractivity contribution is 4.62. The van der Waals surface area contributed by atoms with Crippen molar-refractivity contribution in [1.29, 1.82) is 0 Å². The van der Waals surface area contributed by atoms with E-state index in [-0.39, 0.29) is 6.90 Å². The molecule has 0 aliphatic rings. The third kappa shape index (κ3) is 75.2.